The molecule has 39 heavy (non-hydrogen) atoms. The van der Waals surface area contributed by atoms with Gasteiger partial charge in [0.15, 0.2) is 23.5 Å². The standard InChI is InChI=1S/C27H43N7O5/c1-24(2,3)38-23(35)32-12-9-27(10-13-32)8-7-11-33(27)15-18-14-26(6,39-25(4,5)36)22(37-18)34-17-31-19-20(28)29-16-30-21(19)34/h16-18,22,36H,7-15H2,1-6H3,(H2,28,29,30). The van der Waals surface area contributed by atoms with Crippen molar-refractivity contribution in [3.05, 3.63) is 12.7 Å². The molecular weight excluding hydrogens is 502 g/mol. The second kappa shape index (κ2) is 9.83. The molecule has 3 unspecified atom stereocenters. The fourth-order valence-corrected chi connectivity index (χ4v) is 6.62. The average Bonchev–Trinajstić information content (AvgIpc) is 3.48. The number of hydrogen-bond acceptors (Lipinski definition) is 10. The van der Waals surface area contributed by atoms with Crippen LogP contribution >= 0.6 is 0 Å². The number of likely N-dealkylation sites (tertiary alicyclic amines) is 2. The summed E-state index contributed by atoms with van der Waals surface area (Å²) in [5.41, 5.74) is 5.79. The molecule has 5 heterocycles. The van der Waals surface area contributed by atoms with Crippen molar-refractivity contribution in [3.8, 4) is 0 Å². The molecule has 0 saturated carbocycles. The summed E-state index contributed by atoms with van der Waals surface area (Å²) in [5, 5.41) is 10.6. The Hall–Kier alpha value is -2.54. The molecule has 3 N–H and O–H groups in total. The Morgan fingerprint density at radius 3 is 2.54 bits per heavy atom. The topological polar surface area (TPSA) is 141 Å². The van der Waals surface area contributed by atoms with Gasteiger partial charge in [-0.3, -0.25) is 9.47 Å². The molecule has 12 heteroatoms. The predicted molar refractivity (Wildman–Crippen MR) is 145 cm³/mol. The van der Waals surface area contributed by atoms with Crippen molar-refractivity contribution < 1.29 is 24.1 Å². The number of carbonyl (C=O) groups excluding carboxylic acids is 1. The molecule has 0 radical (unpaired) electrons. The highest BCUT2D eigenvalue weighted by molar-refractivity contribution is 5.81. The highest BCUT2D eigenvalue weighted by Crippen LogP contribution is 2.46. The molecule has 3 aliphatic heterocycles. The maximum Gasteiger partial charge on any atom is 0.410 e. The van der Waals surface area contributed by atoms with Gasteiger partial charge >= 0.3 is 6.09 Å². The summed E-state index contributed by atoms with van der Waals surface area (Å²) in [7, 11) is 0. The summed E-state index contributed by atoms with van der Waals surface area (Å²) in [6.07, 6.45) is 6.72. The Bertz CT molecular complexity index is 1200. The largest absolute Gasteiger partial charge is 0.444 e. The van der Waals surface area contributed by atoms with Gasteiger partial charge in [0.25, 0.3) is 0 Å². The average molecular weight is 546 g/mol. The van der Waals surface area contributed by atoms with Crippen LogP contribution < -0.4 is 5.73 Å². The smallest absolute Gasteiger partial charge is 0.410 e. The van der Waals surface area contributed by atoms with Crippen LogP contribution in [0.4, 0.5) is 10.6 Å². The molecule has 2 aromatic rings. The second-order valence-electron chi connectivity index (χ2n) is 13.0. The molecular formula is C27H43N7O5. The summed E-state index contributed by atoms with van der Waals surface area (Å²) in [4.78, 5) is 29.9. The predicted octanol–water partition coefficient (Wildman–Crippen LogP) is 3.07. The van der Waals surface area contributed by atoms with Crippen molar-refractivity contribution >= 4 is 23.1 Å². The molecule has 3 saturated heterocycles. The summed E-state index contributed by atoms with van der Waals surface area (Å²) in [6, 6.07) is 0. The van der Waals surface area contributed by atoms with E-state index in [1.807, 2.05) is 37.2 Å². The third-order valence-electron chi connectivity index (χ3n) is 8.11. The van der Waals surface area contributed by atoms with Gasteiger partial charge in [-0.2, -0.15) is 0 Å². The first-order valence-corrected chi connectivity index (χ1v) is 13.9. The molecule has 2 aromatic heterocycles. The van der Waals surface area contributed by atoms with Crippen LogP contribution in [0.2, 0.25) is 0 Å². The molecule has 216 valence electrons. The van der Waals surface area contributed by atoms with E-state index >= 15 is 0 Å². The number of aliphatic hydroxyl groups is 1. The number of imidazole rings is 1. The third kappa shape index (κ3) is 5.70. The van der Waals surface area contributed by atoms with Gasteiger partial charge in [-0.05, 0) is 73.8 Å². The van der Waals surface area contributed by atoms with Crippen molar-refractivity contribution in [2.75, 3.05) is 31.9 Å². The van der Waals surface area contributed by atoms with Crippen LogP contribution in [-0.2, 0) is 14.2 Å². The summed E-state index contributed by atoms with van der Waals surface area (Å²) in [6.45, 7) is 14.0. The van der Waals surface area contributed by atoms with Gasteiger partial charge in [0.05, 0.1) is 12.4 Å². The summed E-state index contributed by atoms with van der Waals surface area (Å²) < 4.78 is 20.4. The SMILES string of the molecule is CC(C)(C)OC(=O)N1CCC2(CCCN2CC2CC(C)(OC(C)(C)O)C(n3cnc4c(N)ncnc43)O2)CC1. The van der Waals surface area contributed by atoms with Gasteiger partial charge in [-0.1, -0.05) is 0 Å². The normalized spacial score (nSPS) is 28.0. The number of piperidine rings is 1. The van der Waals surface area contributed by atoms with Crippen LogP contribution in [0.1, 0.15) is 79.9 Å². The first-order valence-electron chi connectivity index (χ1n) is 13.9. The fraction of sp³-hybridized carbons (Fsp3) is 0.778. The lowest BCUT2D eigenvalue weighted by Crippen LogP contribution is -2.55. The zero-order valence-corrected chi connectivity index (χ0v) is 24.0. The minimum absolute atomic E-state index is 0.0385. The lowest BCUT2D eigenvalue weighted by atomic mass is 9.84. The zero-order valence-electron chi connectivity index (χ0n) is 24.0. The Morgan fingerprint density at radius 2 is 1.87 bits per heavy atom. The number of amides is 1. The molecule has 1 amide bonds. The van der Waals surface area contributed by atoms with E-state index in [9.17, 15) is 9.90 Å². The molecule has 0 aliphatic carbocycles. The van der Waals surface area contributed by atoms with E-state index in [2.05, 4.69) is 19.9 Å². The number of fused-ring (bicyclic) bond motifs is 1. The van der Waals surface area contributed by atoms with E-state index < -0.39 is 23.2 Å². The van der Waals surface area contributed by atoms with E-state index in [1.54, 1.807) is 20.2 Å². The van der Waals surface area contributed by atoms with Crippen molar-refractivity contribution in [3.63, 3.8) is 0 Å². The van der Waals surface area contributed by atoms with Crippen molar-refractivity contribution in [1.82, 2.24) is 29.3 Å². The number of aromatic nitrogens is 4. The van der Waals surface area contributed by atoms with Gasteiger partial charge in [-0.25, -0.2) is 19.7 Å². The van der Waals surface area contributed by atoms with Crippen molar-refractivity contribution in [1.29, 1.82) is 0 Å². The molecule has 0 bridgehead atoms. The number of ether oxygens (including phenoxy) is 3. The molecule has 1 spiro atoms. The van der Waals surface area contributed by atoms with Crippen LogP contribution in [0.15, 0.2) is 12.7 Å². The van der Waals surface area contributed by atoms with Crippen LogP contribution in [0.3, 0.4) is 0 Å². The quantitative estimate of drug-likeness (QED) is 0.539. The molecule has 3 fully saturated rings. The summed E-state index contributed by atoms with van der Waals surface area (Å²) >= 11 is 0. The van der Waals surface area contributed by atoms with Crippen molar-refractivity contribution in [2.45, 2.75) is 109 Å². The first kappa shape index (κ1) is 28.0. The van der Waals surface area contributed by atoms with Crippen molar-refractivity contribution in [2.24, 2.45) is 0 Å². The molecule has 5 rings (SSSR count). The van der Waals surface area contributed by atoms with Gasteiger partial charge in [-0.15, -0.1) is 0 Å². The monoisotopic (exact) mass is 545 g/mol. The Balaban J connectivity index is 1.33. The van der Waals surface area contributed by atoms with E-state index in [-0.39, 0.29) is 17.7 Å². The lowest BCUT2D eigenvalue weighted by molar-refractivity contribution is -0.261. The van der Waals surface area contributed by atoms with Gasteiger partial charge in [0.1, 0.15) is 23.0 Å². The third-order valence-corrected chi connectivity index (χ3v) is 8.11. The second-order valence-corrected chi connectivity index (χ2v) is 13.0. The van der Waals surface area contributed by atoms with Gasteiger partial charge < -0.3 is 30.0 Å². The number of nitrogens with two attached hydrogens (primary N) is 1. The fourth-order valence-electron chi connectivity index (χ4n) is 6.62. The maximum absolute atomic E-state index is 12.6. The van der Waals surface area contributed by atoms with E-state index in [0.29, 0.717) is 36.5 Å². The molecule has 0 aromatic carbocycles. The number of nitrogen functional groups attached to an aromatic ring is 1. The molecule has 12 nitrogen and oxygen atoms in total. The zero-order chi connectivity index (χ0) is 28.2. The van der Waals surface area contributed by atoms with E-state index in [0.717, 1.165) is 38.8 Å². The Labute approximate surface area is 229 Å². The minimum Gasteiger partial charge on any atom is -0.444 e. The first-order chi connectivity index (χ1) is 18.2. The van der Waals surface area contributed by atoms with E-state index in [4.69, 9.17) is 19.9 Å². The number of carbonyl (C=O) groups is 1. The minimum atomic E-state index is -1.36. The Kier molecular flexibility index (Phi) is 7.06. The van der Waals surface area contributed by atoms with Crippen LogP contribution in [0, 0.1) is 0 Å². The van der Waals surface area contributed by atoms with Gasteiger partial charge in [0, 0.05) is 31.6 Å². The van der Waals surface area contributed by atoms with E-state index in [1.165, 1.54) is 6.33 Å². The Morgan fingerprint density at radius 1 is 1.15 bits per heavy atom. The van der Waals surface area contributed by atoms with Crippen LogP contribution in [-0.4, -0.2) is 95.3 Å². The number of hydrogen-bond donors (Lipinski definition) is 2. The number of anilines is 1. The maximum atomic E-state index is 12.6. The van der Waals surface area contributed by atoms with Crippen LogP contribution in [0.5, 0.6) is 0 Å². The number of rotatable bonds is 5. The number of nitrogens with zero attached hydrogens (tertiary/aromatic N) is 6. The van der Waals surface area contributed by atoms with Gasteiger partial charge in [0.2, 0.25) is 0 Å². The van der Waals surface area contributed by atoms with Crippen LogP contribution in [0.25, 0.3) is 11.2 Å². The highest BCUT2D eigenvalue weighted by atomic mass is 16.7. The lowest BCUT2D eigenvalue weighted by Gasteiger charge is -2.45. The highest BCUT2D eigenvalue weighted by Gasteiger charge is 2.52. The summed E-state index contributed by atoms with van der Waals surface area (Å²) in [5.74, 6) is -1.06. The molecule has 3 atom stereocenters. The molecule has 3 aliphatic rings.